The van der Waals surface area contributed by atoms with Gasteiger partial charge in [0.2, 0.25) is 0 Å². The van der Waals surface area contributed by atoms with Crippen LogP contribution in [0.25, 0.3) is 0 Å². The average Bonchev–Trinajstić information content (AvgIpc) is 2.76. The average molecular weight is 371 g/mol. The van der Waals surface area contributed by atoms with Gasteiger partial charge in [-0.1, -0.05) is 55.5 Å². The molecule has 2 amide bonds. The van der Waals surface area contributed by atoms with Gasteiger partial charge < -0.3 is 5.32 Å². The molecule has 0 bridgehead atoms. The van der Waals surface area contributed by atoms with E-state index in [-0.39, 0.29) is 11.8 Å². The fourth-order valence-electron chi connectivity index (χ4n) is 2.66. The molecule has 2 N–H and O–H groups in total. The summed E-state index contributed by atoms with van der Waals surface area (Å²) in [6, 6.07) is 25.4. The number of nitrogens with zero attached hydrogens (tertiary/aromatic N) is 1. The van der Waals surface area contributed by atoms with Gasteiger partial charge in [0.15, 0.2) is 0 Å². The molecular formula is C23H21N3O2. The van der Waals surface area contributed by atoms with Crippen molar-refractivity contribution in [3.05, 3.63) is 102 Å². The van der Waals surface area contributed by atoms with Crippen molar-refractivity contribution in [1.29, 1.82) is 0 Å². The highest BCUT2D eigenvalue weighted by Crippen LogP contribution is 2.12. The maximum Gasteiger partial charge on any atom is 0.271 e. The molecule has 0 heterocycles. The third kappa shape index (κ3) is 4.92. The quantitative estimate of drug-likeness (QED) is 0.495. The molecule has 3 aromatic rings. The van der Waals surface area contributed by atoms with Crippen molar-refractivity contribution in [2.75, 3.05) is 5.32 Å². The Morgan fingerprint density at radius 2 is 1.25 bits per heavy atom. The summed E-state index contributed by atoms with van der Waals surface area (Å²) in [6.07, 6.45) is 0.703. The monoisotopic (exact) mass is 371 g/mol. The maximum absolute atomic E-state index is 12.3. The predicted molar refractivity (Wildman–Crippen MR) is 112 cm³/mol. The topological polar surface area (TPSA) is 70.6 Å². The van der Waals surface area contributed by atoms with Crippen molar-refractivity contribution in [1.82, 2.24) is 5.43 Å². The smallest absolute Gasteiger partial charge is 0.271 e. The Morgan fingerprint density at radius 1 is 0.714 bits per heavy atom. The van der Waals surface area contributed by atoms with Crippen LogP contribution in [0, 0.1) is 0 Å². The van der Waals surface area contributed by atoms with E-state index in [1.165, 1.54) is 0 Å². The lowest BCUT2D eigenvalue weighted by Gasteiger charge is -2.07. The molecule has 5 nitrogen and oxygen atoms in total. The molecule has 140 valence electrons. The molecule has 0 aromatic heterocycles. The molecule has 28 heavy (non-hydrogen) atoms. The van der Waals surface area contributed by atoms with Crippen LogP contribution in [0.2, 0.25) is 0 Å². The van der Waals surface area contributed by atoms with Gasteiger partial charge in [0.05, 0.1) is 5.71 Å². The van der Waals surface area contributed by atoms with Crippen molar-refractivity contribution in [2.24, 2.45) is 5.10 Å². The summed E-state index contributed by atoms with van der Waals surface area (Å²) in [6.45, 7) is 1.99. The standard InChI is InChI=1S/C23H21N3O2/c1-2-21(17-9-5-3-6-10-17)25-26-23(28)19-13-15-20(16-14-19)24-22(27)18-11-7-4-8-12-18/h3-16H,2H2,1H3,(H,24,27)(H,26,28). The van der Waals surface area contributed by atoms with E-state index in [1.807, 2.05) is 55.5 Å². The predicted octanol–water partition coefficient (Wildman–Crippen LogP) is 4.48. The Morgan fingerprint density at radius 3 is 1.82 bits per heavy atom. The molecule has 5 heteroatoms. The number of amides is 2. The molecule has 3 rings (SSSR count). The minimum Gasteiger partial charge on any atom is -0.322 e. The zero-order valence-corrected chi connectivity index (χ0v) is 15.6. The molecule has 0 aliphatic rings. The summed E-state index contributed by atoms with van der Waals surface area (Å²) in [4.78, 5) is 24.5. The van der Waals surface area contributed by atoms with Crippen molar-refractivity contribution in [2.45, 2.75) is 13.3 Å². The van der Waals surface area contributed by atoms with Crippen LogP contribution in [-0.2, 0) is 0 Å². The van der Waals surface area contributed by atoms with E-state index in [4.69, 9.17) is 0 Å². The van der Waals surface area contributed by atoms with E-state index in [1.54, 1.807) is 36.4 Å². The van der Waals surface area contributed by atoms with Gasteiger partial charge in [-0.05, 0) is 48.4 Å². The Hall–Kier alpha value is -3.73. The molecular weight excluding hydrogens is 350 g/mol. The van der Waals surface area contributed by atoms with Crippen molar-refractivity contribution in [3.8, 4) is 0 Å². The molecule has 0 unspecified atom stereocenters. The molecule has 0 fully saturated rings. The molecule has 0 saturated carbocycles. The summed E-state index contributed by atoms with van der Waals surface area (Å²) < 4.78 is 0. The molecule has 0 aliphatic heterocycles. The minimum atomic E-state index is -0.303. The van der Waals surface area contributed by atoms with E-state index in [0.717, 1.165) is 11.3 Å². The summed E-state index contributed by atoms with van der Waals surface area (Å²) in [5, 5.41) is 7.05. The van der Waals surface area contributed by atoms with Gasteiger partial charge in [-0.2, -0.15) is 5.10 Å². The van der Waals surface area contributed by atoms with E-state index < -0.39 is 0 Å². The van der Waals surface area contributed by atoms with E-state index in [0.29, 0.717) is 23.2 Å². The maximum atomic E-state index is 12.3. The summed E-state index contributed by atoms with van der Waals surface area (Å²) in [5.41, 5.74) is 6.04. The number of benzene rings is 3. The zero-order valence-electron chi connectivity index (χ0n) is 15.6. The van der Waals surface area contributed by atoms with Crippen LogP contribution < -0.4 is 10.7 Å². The first-order chi connectivity index (χ1) is 13.7. The third-order valence-corrected chi connectivity index (χ3v) is 4.18. The fourth-order valence-corrected chi connectivity index (χ4v) is 2.66. The Labute approximate surface area is 164 Å². The Balaban J connectivity index is 1.63. The lowest BCUT2D eigenvalue weighted by molar-refractivity contribution is 0.0954. The molecule has 3 aromatic carbocycles. The van der Waals surface area contributed by atoms with Gasteiger partial charge in [0.25, 0.3) is 11.8 Å². The highest BCUT2D eigenvalue weighted by Gasteiger charge is 2.08. The highest BCUT2D eigenvalue weighted by atomic mass is 16.2. The van der Waals surface area contributed by atoms with Crippen molar-refractivity contribution >= 4 is 23.2 Å². The van der Waals surface area contributed by atoms with Crippen molar-refractivity contribution < 1.29 is 9.59 Å². The molecule has 0 atom stereocenters. The van der Waals surface area contributed by atoms with Crippen LogP contribution in [0.15, 0.2) is 90.0 Å². The summed E-state index contributed by atoms with van der Waals surface area (Å²) in [5.74, 6) is -0.499. The third-order valence-electron chi connectivity index (χ3n) is 4.18. The van der Waals surface area contributed by atoms with Crippen molar-refractivity contribution in [3.63, 3.8) is 0 Å². The minimum absolute atomic E-state index is 0.196. The molecule has 0 radical (unpaired) electrons. The van der Waals surface area contributed by atoms with E-state index in [9.17, 15) is 9.59 Å². The largest absolute Gasteiger partial charge is 0.322 e. The fraction of sp³-hybridized carbons (Fsp3) is 0.0870. The van der Waals surface area contributed by atoms with Crippen LogP contribution in [0.5, 0.6) is 0 Å². The SMILES string of the molecule is CCC(=NNC(=O)c1ccc(NC(=O)c2ccccc2)cc1)c1ccccc1. The van der Waals surface area contributed by atoms with Crippen LogP contribution in [0.3, 0.4) is 0 Å². The Bertz CT molecular complexity index is 966. The number of hydrazone groups is 1. The van der Waals surface area contributed by atoms with Gasteiger partial charge >= 0.3 is 0 Å². The second-order valence-corrected chi connectivity index (χ2v) is 6.12. The first-order valence-corrected chi connectivity index (χ1v) is 9.06. The number of carbonyl (C=O) groups excluding carboxylic acids is 2. The van der Waals surface area contributed by atoms with Crippen LogP contribution in [0.1, 0.15) is 39.6 Å². The van der Waals surface area contributed by atoms with Crippen LogP contribution >= 0.6 is 0 Å². The van der Waals surface area contributed by atoms with Crippen LogP contribution in [-0.4, -0.2) is 17.5 Å². The van der Waals surface area contributed by atoms with Crippen LogP contribution in [0.4, 0.5) is 5.69 Å². The number of carbonyl (C=O) groups is 2. The summed E-state index contributed by atoms with van der Waals surface area (Å²) in [7, 11) is 0. The number of rotatable bonds is 6. The van der Waals surface area contributed by atoms with Gasteiger partial charge in [-0.3, -0.25) is 9.59 Å². The van der Waals surface area contributed by atoms with Gasteiger partial charge in [0, 0.05) is 16.8 Å². The van der Waals surface area contributed by atoms with Gasteiger partial charge in [-0.25, -0.2) is 5.43 Å². The summed E-state index contributed by atoms with van der Waals surface area (Å²) >= 11 is 0. The number of anilines is 1. The molecule has 0 aliphatic carbocycles. The lowest BCUT2D eigenvalue weighted by Crippen LogP contribution is -2.20. The number of hydrogen-bond donors (Lipinski definition) is 2. The van der Waals surface area contributed by atoms with Gasteiger partial charge in [0.1, 0.15) is 0 Å². The van der Waals surface area contributed by atoms with Gasteiger partial charge in [-0.15, -0.1) is 0 Å². The second-order valence-electron chi connectivity index (χ2n) is 6.12. The lowest BCUT2D eigenvalue weighted by atomic mass is 10.1. The normalized spacial score (nSPS) is 11.0. The molecule has 0 spiro atoms. The first kappa shape index (κ1) is 19.0. The number of hydrogen-bond acceptors (Lipinski definition) is 3. The number of nitrogens with one attached hydrogen (secondary N) is 2. The van der Waals surface area contributed by atoms with E-state index >= 15 is 0 Å². The second kappa shape index (κ2) is 9.28. The highest BCUT2D eigenvalue weighted by molar-refractivity contribution is 6.05. The molecule has 0 saturated heterocycles. The Kier molecular flexibility index (Phi) is 6.31. The zero-order chi connectivity index (χ0) is 19.8. The van der Waals surface area contributed by atoms with E-state index in [2.05, 4.69) is 15.8 Å². The first-order valence-electron chi connectivity index (χ1n) is 9.06.